The topological polar surface area (TPSA) is 107 Å². The lowest BCUT2D eigenvalue weighted by atomic mass is 10.2. The Balaban J connectivity index is 1.43. The van der Waals surface area contributed by atoms with E-state index in [9.17, 15) is 14.4 Å². The fraction of sp³-hybridized carbons (Fsp3) is 0.107. The van der Waals surface area contributed by atoms with Gasteiger partial charge in [0.25, 0.3) is 0 Å². The maximum absolute atomic E-state index is 12.4. The van der Waals surface area contributed by atoms with E-state index in [1.165, 1.54) is 0 Å². The van der Waals surface area contributed by atoms with Crippen LogP contribution in [-0.4, -0.2) is 31.5 Å². The summed E-state index contributed by atoms with van der Waals surface area (Å²) >= 11 is 0. The zero-order valence-electron chi connectivity index (χ0n) is 19.8. The Labute approximate surface area is 213 Å². The Morgan fingerprint density at radius 1 is 0.595 bits per heavy atom. The van der Waals surface area contributed by atoms with Crippen molar-refractivity contribution in [1.29, 1.82) is 0 Å². The lowest BCUT2D eigenvalue weighted by Gasteiger charge is -2.10. The quantitative estimate of drug-likeness (QED) is 0.143. The summed E-state index contributed by atoms with van der Waals surface area (Å²) in [6, 6.07) is 20.0. The van der Waals surface area contributed by atoms with E-state index < -0.39 is 17.9 Å². The van der Waals surface area contributed by atoms with Crippen molar-refractivity contribution < 1.29 is 42.8 Å². The molecule has 0 fully saturated rings. The van der Waals surface area contributed by atoms with Gasteiger partial charge < -0.3 is 28.4 Å². The summed E-state index contributed by atoms with van der Waals surface area (Å²) in [4.78, 5) is 34.4. The minimum absolute atomic E-state index is 0.212. The van der Waals surface area contributed by atoms with E-state index in [2.05, 4.69) is 13.2 Å². The number of hydrogen-bond acceptors (Lipinski definition) is 9. The smallest absolute Gasteiger partial charge is 0.343 e. The zero-order valence-corrected chi connectivity index (χ0v) is 19.8. The van der Waals surface area contributed by atoms with Gasteiger partial charge in [-0.15, -0.1) is 0 Å². The predicted octanol–water partition coefficient (Wildman–Crippen LogP) is 4.62. The van der Waals surface area contributed by atoms with Crippen molar-refractivity contribution in [3.05, 3.63) is 109 Å². The summed E-state index contributed by atoms with van der Waals surface area (Å²) < 4.78 is 31.2. The van der Waals surface area contributed by atoms with E-state index in [4.69, 9.17) is 28.4 Å². The monoisotopic (exact) mass is 504 g/mol. The number of esters is 3. The fourth-order valence-corrected chi connectivity index (χ4v) is 2.73. The van der Waals surface area contributed by atoms with Gasteiger partial charge in [-0.2, -0.15) is 0 Å². The van der Waals surface area contributed by atoms with Crippen LogP contribution in [0.2, 0.25) is 0 Å². The second kappa shape index (κ2) is 13.7. The average Bonchev–Trinajstić information content (AvgIpc) is 2.93. The van der Waals surface area contributed by atoms with Crippen LogP contribution >= 0.6 is 0 Å². The van der Waals surface area contributed by atoms with Crippen molar-refractivity contribution >= 4 is 17.9 Å². The highest BCUT2D eigenvalue weighted by molar-refractivity contribution is 5.91. The van der Waals surface area contributed by atoms with Gasteiger partial charge in [0.2, 0.25) is 13.6 Å². The minimum Gasteiger partial charge on any atom is -0.489 e. The standard InChI is InChI=1S/C28H24O9/c1-3-26(29)35-18-33-23-11-7-21(8-12-23)28(31)37-25-9-5-20(6-10-25)17-32-22-13-15-24(16-14-22)34-19-36-27(30)4-2/h3-16H,1-2,17-19H2. The second-order valence-electron chi connectivity index (χ2n) is 7.18. The van der Waals surface area contributed by atoms with Crippen molar-refractivity contribution in [3.63, 3.8) is 0 Å². The number of rotatable bonds is 13. The molecular weight excluding hydrogens is 480 g/mol. The van der Waals surface area contributed by atoms with Gasteiger partial charge in [0.1, 0.15) is 29.6 Å². The first-order chi connectivity index (χ1) is 18.0. The molecule has 0 unspecified atom stereocenters. The van der Waals surface area contributed by atoms with Crippen molar-refractivity contribution in [3.8, 4) is 23.0 Å². The van der Waals surface area contributed by atoms with E-state index in [0.29, 0.717) is 35.2 Å². The Morgan fingerprint density at radius 2 is 1.03 bits per heavy atom. The van der Waals surface area contributed by atoms with Crippen LogP contribution in [0.15, 0.2) is 98.1 Å². The molecule has 190 valence electrons. The third-order valence-electron chi connectivity index (χ3n) is 4.64. The molecule has 0 N–H and O–H groups in total. The SMILES string of the molecule is C=CC(=O)OCOc1ccc(OCc2ccc(OC(=O)c3ccc(OCOC(=O)C=C)cc3)cc2)cc1. The molecule has 0 saturated heterocycles. The third-order valence-corrected chi connectivity index (χ3v) is 4.64. The molecule has 0 aliphatic heterocycles. The van der Waals surface area contributed by atoms with Crippen LogP contribution < -0.4 is 18.9 Å². The van der Waals surface area contributed by atoms with E-state index in [1.807, 2.05) is 0 Å². The van der Waals surface area contributed by atoms with Crippen molar-refractivity contribution in [2.24, 2.45) is 0 Å². The van der Waals surface area contributed by atoms with Gasteiger partial charge in [0.05, 0.1) is 5.56 Å². The van der Waals surface area contributed by atoms with Crippen LogP contribution in [0.5, 0.6) is 23.0 Å². The molecule has 0 saturated carbocycles. The van der Waals surface area contributed by atoms with E-state index >= 15 is 0 Å². The minimum atomic E-state index is -0.594. The Hall–Kier alpha value is -5.05. The van der Waals surface area contributed by atoms with Crippen LogP contribution in [0.4, 0.5) is 0 Å². The fourth-order valence-electron chi connectivity index (χ4n) is 2.73. The second-order valence-corrected chi connectivity index (χ2v) is 7.18. The summed E-state index contributed by atoms with van der Waals surface area (Å²) in [5, 5.41) is 0. The van der Waals surface area contributed by atoms with Crippen LogP contribution in [0, 0.1) is 0 Å². The van der Waals surface area contributed by atoms with Gasteiger partial charge in [-0.3, -0.25) is 0 Å². The van der Waals surface area contributed by atoms with E-state index in [0.717, 1.165) is 17.7 Å². The van der Waals surface area contributed by atoms with Gasteiger partial charge in [-0.1, -0.05) is 25.3 Å². The van der Waals surface area contributed by atoms with E-state index in [-0.39, 0.29) is 13.6 Å². The number of carbonyl (C=O) groups excluding carboxylic acids is 3. The predicted molar refractivity (Wildman–Crippen MR) is 132 cm³/mol. The highest BCUT2D eigenvalue weighted by Gasteiger charge is 2.09. The van der Waals surface area contributed by atoms with Gasteiger partial charge >= 0.3 is 17.9 Å². The molecule has 0 heterocycles. The first kappa shape index (κ1) is 26.6. The summed E-state index contributed by atoms with van der Waals surface area (Å²) in [5.41, 5.74) is 1.20. The first-order valence-electron chi connectivity index (χ1n) is 10.9. The largest absolute Gasteiger partial charge is 0.489 e. The number of benzene rings is 3. The molecule has 3 aromatic carbocycles. The van der Waals surface area contributed by atoms with Gasteiger partial charge in [-0.05, 0) is 66.2 Å². The molecule has 0 radical (unpaired) electrons. The Bertz CT molecular complexity index is 1210. The third kappa shape index (κ3) is 8.91. The summed E-state index contributed by atoms with van der Waals surface area (Å²) in [5.74, 6) is 0.257. The number of hydrogen-bond donors (Lipinski definition) is 0. The molecule has 37 heavy (non-hydrogen) atoms. The molecule has 0 aliphatic rings. The molecule has 0 aromatic heterocycles. The maximum atomic E-state index is 12.4. The van der Waals surface area contributed by atoms with Gasteiger partial charge in [-0.25, -0.2) is 14.4 Å². The zero-order chi connectivity index (χ0) is 26.5. The molecule has 9 nitrogen and oxygen atoms in total. The lowest BCUT2D eigenvalue weighted by Crippen LogP contribution is -2.09. The molecule has 9 heteroatoms. The maximum Gasteiger partial charge on any atom is 0.343 e. The van der Waals surface area contributed by atoms with Crippen molar-refractivity contribution in [1.82, 2.24) is 0 Å². The Kier molecular flexibility index (Phi) is 9.86. The van der Waals surface area contributed by atoms with Crippen LogP contribution in [0.3, 0.4) is 0 Å². The molecule has 0 amide bonds. The molecule has 3 rings (SSSR count). The van der Waals surface area contributed by atoms with Crippen LogP contribution in [0.25, 0.3) is 0 Å². The molecular formula is C28H24O9. The summed E-state index contributed by atoms with van der Waals surface area (Å²) in [6.45, 7) is 6.42. The lowest BCUT2D eigenvalue weighted by molar-refractivity contribution is -0.145. The van der Waals surface area contributed by atoms with Crippen LogP contribution in [0.1, 0.15) is 15.9 Å². The first-order valence-corrected chi connectivity index (χ1v) is 10.9. The van der Waals surface area contributed by atoms with Gasteiger partial charge in [0, 0.05) is 12.2 Å². The highest BCUT2D eigenvalue weighted by Crippen LogP contribution is 2.20. The average molecular weight is 504 g/mol. The van der Waals surface area contributed by atoms with Crippen molar-refractivity contribution in [2.45, 2.75) is 6.61 Å². The van der Waals surface area contributed by atoms with Crippen LogP contribution in [-0.2, 0) is 25.7 Å². The number of ether oxygens (including phenoxy) is 6. The molecule has 0 aliphatic carbocycles. The number of carbonyl (C=O) groups is 3. The Morgan fingerprint density at radius 3 is 1.51 bits per heavy atom. The van der Waals surface area contributed by atoms with E-state index in [1.54, 1.807) is 72.8 Å². The molecule has 0 spiro atoms. The van der Waals surface area contributed by atoms with Crippen molar-refractivity contribution in [2.75, 3.05) is 13.6 Å². The molecule has 0 atom stereocenters. The highest BCUT2D eigenvalue weighted by atomic mass is 16.7. The summed E-state index contributed by atoms with van der Waals surface area (Å²) in [6.07, 6.45) is 2.09. The molecule has 3 aromatic rings. The molecule has 0 bridgehead atoms. The summed E-state index contributed by atoms with van der Waals surface area (Å²) in [7, 11) is 0. The van der Waals surface area contributed by atoms with Gasteiger partial charge in [0.15, 0.2) is 0 Å². The normalized spacial score (nSPS) is 9.95.